The number of carbonyl (C=O) groups is 2. The summed E-state index contributed by atoms with van der Waals surface area (Å²) in [5.74, 6) is 0.484. The Morgan fingerprint density at radius 1 is 1.08 bits per heavy atom. The lowest BCUT2D eigenvalue weighted by Gasteiger charge is -2.12. The number of ether oxygens (including phenoxy) is 2. The van der Waals surface area contributed by atoms with Gasteiger partial charge in [-0.2, -0.15) is 0 Å². The van der Waals surface area contributed by atoms with Gasteiger partial charge < -0.3 is 14.8 Å². The van der Waals surface area contributed by atoms with E-state index in [1.807, 2.05) is 32.0 Å². The van der Waals surface area contributed by atoms with E-state index in [9.17, 15) is 9.59 Å². The van der Waals surface area contributed by atoms with Gasteiger partial charge in [-0.3, -0.25) is 9.59 Å². The number of anilines is 1. The van der Waals surface area contributed by atoms with Gasteiger partial charge in [0.25, 0.3) is 5.91 Å². The molecule has 24 heavy (non-hydrogen) atoms. The van der Waals surface area contributed by atoms with E-state index in [-0.39, 0.29) is 18.3 Å². The molecule has 0 aliphatic heterocycles. The Labute approximate surface area is 141 Å². The molecular formula is C19H21NO4. The zero-order valence-corrected chi connectivity index (χ0v) is 14.3. The molecule has 1 N–H and O–H groups in total. The molecule has 0 atom stereocenters. The summed E-state index contributed by atoms with van der Waals surface area (Å²) in [5, 5.41) is 2.81. The molecule has 0 heterocycles. The molecule has 0 spiro atoms. The van der Waals surface area contributed by atoms with Crippen molar-refractivity contribution in [2.24, 2.45) is 0 Å². The third kappa shape index (κ3) is 4.35. The Morgan fingerprint density at radius 2 is 1.83 bits per heavy atom. The number of carbonyl (C=O) groups excluding carboxylic acids is 2. The molecule has 126 valence electrons. The maximum atomic E-state index is 12.1. The van der Waals surface area contributed by atoms with Crippen molar-refractivity contribution in [1.29, 1.82) is 0 Å². The zero-order valence-electron chi connectivity index (χ0n) is 14.3. The van der Waals surface area contributed by atoms with Gasteiger partial charge in [0.05, 0.1) is 12.7 Å². The highest BCUT2D eigenvalue weighted by molar-refractivity contribution is 5.97. The van der Waals surface area contributed by atoms with Gasteiger partial charge in [-0.15, -0.1) is 0 Å². The number of ketones is 1. The minimum Gasteiger partial charge on any atom is -0.497 e. The molecule has 2 aromatic carbocycles. The number of nitrogens with one attached hydrogen (secondary N) is 1. The number of benzene rings is 2. The lowest BCUT2D eigenvalue weighted by Crippen LogP contribution is -2.21. The van der Waals surface area contributed by atoms with Crippen molar-refractivity contribution in [2.45, 2.75) is 20.8 Å². The average Bonchev–Trinajstić information content (AvgIpc) is 2.55. The number of rotatable bonds is 6. The average molecular weight is 327 g/mol. The predicted octanol–water partition coefficient (Wildman–Crippen LogP) is 3.53. The van der Waals surface area contributed by atoms with E-state index in [0.717, 1.165) is 16.8 Å². The van der Waals surface area contributed by atoms with Crippen LogP contribution in [0.3, 0.4) is 0 Å². The quantitative estimate of drug-likeness (QED) is 0.824. The zero-order chi connectivity index (χ0) is 17.7. The third-order valence-electron chi connectivity index (χ3n) is 3.58. The lowest BCUT2D eigenvalue weighted by atomic mass is 10.1. The molecule has 5 nitrogen and oxygen atoms in total. The molecule has 0 aromatic heterocycles. The van der Waals surface area contributed by atoms with Crippen LogP contribution in [0.5, 0.6) is 11.5 Å². The second kappa shape index (κ2) is 7.64. The highest BCUT2D eigenvalue weighted by Crippen LogP contribution is 2.24. The van der Waals surface area contributed by atoms with Crippen LogP contribution in [0.25, 0.3) is 0 Å². The second-order valence-electron chi connectivity index (χ2n) is 5.57. The summed E-state index contributed by atoms with van der Waals surface area (Å²) in [6.45, 7) is 5.19. The summed E-state index contributed by atoms with van der Waals surface area (Å²) in [7, 11) is 1.52. The van der Waals surface area contributed by atoms with E-state index in [2.05, 4.69) is 5.32 Å². The SMILES string of the molecule is COc1ccc(OCC(=O)Nc2ccc(C)cc2C)c(C(C)=O)c1. The number of amides is 1. The monoisotopic (exact) mass is 327 g/mol. The van der Waals surface area contributed by atoms with Crippen molar-refractivity contribution in [1.82, 2.24) is 0 Å². The Morgan fingerprint density at radius 3 is 2.46 bits per heavy atom. The predicted molar refractivity (Wildman–Crippen MR) is 93.0 cm³/mol. The Balaban J connectivity index is 2.05. The Bertz CT molecular complexity index is 768. The largest absolute Gasteiger partial charge is 0.497 e. The van der Waals surface area contributed by atoms with Crippen LogP contribution in [0.1, 0.15) is 28.4 Å². The van der Waals surface area contributed by atoms with Crippen molar-refractivity contribution in [3.05, 3.63) is 53.1 Å². The van der Waals surface area contributed by atoms with Crippen molar-refractivity contribution < 1.29 is 19.1 Å². The van der Waals surface area contributed by atoms with Gasteiger partial charge in [0, 0.05) is 5.69 Å². The number of methoxy groups -OCH3 is 1. The molecule has 5 heteroatoms. The number of Topliss-reactive ketones (excluding diaryl/α,β-unsaturated/α-hetero) is 1. The van der Waals surface area contributed by atoms with Crippen LogP contribution in [0.2, 0.25) is 0 Å². The molecule has 0 saturated carbocycles. The third-order valence-corrected chi connectivity index (χ3v) is 3.58. The number of hydrogen-bond donors (Lipinski definition) is 1. The topological polar surface area (TPSA) is 64.6 Å². The summed E-state index contributed by atoms with van der Waals surface area (Å²) in [5.41, 5.74) is 3.24. The Hall–Kier alpha value is -2.82. The van der Waals surface area contributed by atoms with Gasteiger partial charge in [-0.25, -0.2) is 0 Å². The standard InChI is InChI=1S/C19H21NO4/c1-12-5-7-17(13(2)9-12)20-19(22)11-24-18-8-6-15(23-4)10-16(18)14(3)21/h5-10H,11H2,1-4H3,(H,20,22). The van der Waals surface area contributed by atoms with Crippen LogP contribution < -0.4 is 14.8 Å². The second-order valence-corrected chi connectivity index (χ2v) is 5.57. The Kier molecular flexibility index (Phi) is 5.58. The van der Waals surface area contributed by atoms with Crippen molar-refractivity contribution in [3.63, 3.8) is 0 Å². The summed E-state index contributed by atoms with van der Waals surface area (Å²) in [6.07, 6.45) is 0. The first-order chi connectivity index (χ1) is 11.4. The normalized spacial score (nSPS) is 10.2. The van der Waals surface area contributed by atoms with Crippen LogP contribution in [-0.4, -0.2) is 25.4 Å². The summed E-state index contributed by atoms with van der Waals surface area (Å²) in [6, 6.07) is 10.7. The van der Waals surface area contributed by atoms with Crippen LogP contribution in [0.15, 0.2) is 36.4 Å². The molecular weight excluding hydrogens is 306 g/mol. The molecule has 0 bridgehead atoms. The smallest absolute Gasteiger partial charge is 0.262 e. The molecule has 0 saturated heterocycles. The van der Waals surface area contributed by atoms with Crippen molar-refractivity contribution in [3.8, 4) is 11.5 Å². The first-order valence-electron chi connectivity index (χ1n) is 7.59. The molecule has 2 rings (SSSR count). The summed E-state index contributed by atoms with van der Waals surface area (Å²) >= 11 is 0. The molecule has 2 aromatic rings. The molecule has 0 unspecified atom stereocenters. The highest BCUT2D eigenvalue weighted by atomic mass is 16.5. The van der Waals surface area contributed by atoms with Gasteiger partial charge in [-0.1, -0.05) is 17.7 Å². The van der Waals surface area contributed by atoms with Gasteiger partial charge in [-0.05, 0) is 50.6 Å². The molecule has 0 radical (unpaired) electrons. The maximum absolute atomic E-state index is 12.1. The fourth-order valence-electron chi connectivity index (χ4n) is 2.32. The molecule has 1 amide bonds. The van der Waals surface area contributed by atoms with Crippen LogP contribution in [0, 0.1) is 13.8 Å². The molecule has 0 fully saturated rings. The van der Waals surface area contributed by atoms with Crippen molar-refractivity contribution >= 4 is 17.4 Å². The van der Waals surface area contributed by atoms with Crippen LogP contribution in [0.4, 0.5) is 5.69 Å². The first kappa shape index (κ1) is 17.5. The minimum absolute atomic E-state index is 0.154. The van der Waals surface area contributed by atoms with E-state index >= 15 is 0 Å². The van der Waals surface area contributed by atoms with E-state index in [1.54, 1.807) is 18.2 Å². The highest BCUT2D eigenvalue weighted by Gasteiger charge is 2.12. The number of hydrogen-bond acceptors (Lipinski definition) is 4. The molecule has 0 aliphatic rings. The van der Waals surface area contributed by atoms with Gasteiger partial charge in [0.1, 0.15) is 11.5 Å². The molecule has 0 aliphatic carbocycles. The number of aryl methyl sites for hydroxylation is 2. The fourth-order valence-corrected chi connectivity index (χ4v) is 2.32. The summed E-state index contributed by atoms with van der Waals surface area (Å²) < 4.78 is 10.6. The summed E-state index contributed by atoms with van der Waals surface area (Å²) in [4.78, 5) is 23.8. The van der Waals surface area contributed by atoms with E-state index in [1.165, 1.54) is 14.0 Å². The maximum Gasteiger partial charge on any atom is 0.262 e. The lowest BCUT2D eigenvalue weighted by molar-refractivity contribution is -0.118. The fraction of sp³-hybridized carbons (Fsp3) is 0.263. The minimum atomic E-state index is -0.285. The van der Waals surface area contributed by atoms with E-state index in [0.29, 0.717) is 17.1 Å². The van der Waals surface area contributed by atoms with Crippen molar-refractivity contribution in [2.75, 3.05) is 19.0 Å². The van der Waals surface area contributed by atoms with Gasteiger partial charge in [0.2, 0.25) is 0 Å². The van der Waals surface area contributed by atoms with E-state index in [4.69, 9.17) is 9.47 Å². The van der Waals surface area contributed by atoms with Crippen LogP contribution in [-0.2, 0) is 4.79 Å². The van der Waals surface area contributed by atoms with E-state index < -0.39 is 0 Å². The first-order valence-corrected chi connectivity index (χ1v) is 7.59. The van der Waals surface area contributed by atoms with Gasteiger partial charge >= 0.3 is 0 Å². The van der Waals surface area contributed by atoms with Crippen LogP contribution >= 0.6 is 0 Å². The van der Waals surface area contributed by atoms with Gasteiger partial charge in [0.15, 0.2) is 12.4 Å².